The van der Waals surface area contributed by atoms with E-state index in [1.54, 1.807) is 39.2 Å². The molecule has 8 nitrogen and oxygen atoms in total. The van der Waals surface area contributed by atoms with Gasteiger partial charge in [0.15, 0.2) is 19.8 Å². The highest BCUT2D eigenvalue weighted by Crippen LogP contribution is 2.40. The van der Waals surface area contributed by atoms with Gasteiger partial charge in [-0.25, -0.2) is 0 Å². The summed E-state index contributed by atoms with van der Waals surface area (Å²) in [6.45, 7) is 14.0. The molecule has 0 radical (unpaired) electrons. The SMILES string of the molecule is COc1ccc(C[C@H]([C@@H](CC2=C(C)C(=O)C(=O)C=C2C)O[Si](C)(C)C(C)(C)C)[N+](=O)[O-])cc1OCc1ccccc1. The zero-order chi connectivity index (χ0) is 30.5. The quantitative estimate of drug-likeness (QED) is 0.0910. The Morgan fingerprint density at radius 1 is 0.951 bits per heavy atom. The number of benzene rings is 2. The summed E-state index contributed by atoms with van der Waals surface area (Å²) in [5.41, 5.74) is 3.28. The minimum Gasteiger partial charge on any atom is -0.493 e. The predicted molar refractivity (Wildman–Crippen MR) is 161 cm³/mol. The Hall–Kier alpha value is -3.56. The molecule has 41 heavy (non-hydrogen) atoms. The van der Waals surface area contributed by atoms with Crippen molar-refractivity contribution in [3.63, 3.8) is 0 Å². The van der Waals surface area contributed by atoms with Gasteiger partial charge in [-0.3, -0.25) is 19.7 Å². The average molecular weight is 580 g/mol. The van der Waals surface area contributed by atoms with E-state index in [1.165, 1.54) is 6.08 Å². The number of nitro groups is 1. The van der Waals surface area contributed by atoms with Crippen molar-refractivity contribution < 1.29 is 28.4 Å². The number of methoxy groups -OCH3 is 1. The van der Waals surface area contributed by atoms with Crippen LogP contribution in [0.15, 0.2) is 71.3 Å². The van der Waals surface area contributed by atoms with Gasteiger partial charge in [-0.15, -0.1) is 0 Å². The summed E-state index contributed by atoms with van der Waals surface area (Å²) in [6.07, 6.45) is 0.726. The largest absolute Gasteiger partial charge is 0.493 e. The Bertz CT molecular complexity index is 1360. The van der Waals surface area contributed by atoms with Crippen LogP contribution in [-0.2, 0) is 27.0 Å². The van der Waals surface area contributed by atoms with Gasteiger partial charge in [0, 0.05) is 23.3 Å². The van der Waals surface area contributed by atoms with Crippen molar-refractivity contribution in [3.05, 3.63) is 92.6 Å². The van der Waals surface area contributed by atoms with Crippen molar-refractivity contribution in [3.8, 4) is 11.5 Å². The van der Waals surface area contributed by atoms with E-state index in [0.29, 0.717) is 40.4 Å². The summed E-state index contributed by atoms with van der Waals surface area (Å²) in [5, 5.41) is 12.5. The van der Waals surface area contributed by atoms with Crippen LogP contribution in [0, 0.1) is 10.1 Å². The first-order valence-electron chi connectivity index (χ1n) is 13.8. The maximum absolute atomic E-state index is 12.7. The topological polar surface area (TPSA) is 105 Å². The molecule has 0 saturated carbocycles. The molecule has 220 valence electrons. The molecular weight excluding hydrogens is 538 g/mol. The summed E-state index contributed by atoms with van der Waals surface area (Å²) in [6, 6.07) is 13.9. The number of ketones is 2. The van der Waals surface area contributed by atoms with Crippen molar-refractivity contribution in [2.75, 3.05) is 7.11 Å². The second-order valence-corrected chi connectivity index (χ2v) is 16.8. The molecule has 3 rings (SSSR count). The van der Waals surface area contributed by atoms with E-state index in [0.717, 1.165) is 5.56 Å². The molecule has 0 aromatic heterocycles. The van der Waals surface area contributed by atoms with Crippen LogP contribution in [0.2, 0.25) is 18.1 Å². The maximum Gasteiger partial charge on any atom is 0.241 e. The van der Waals surface area contributed by atoms with Crippen LogP contribution in [0.1, 0.15) is 52.2 Å². The van der Waals surface area contributed by atoms with Gasteiger partial charge >= 0.3 is 0 Å². The molecule has 0 fully saturated rings. The van der Waals surface area contributed by atoms with Gasteiger partial charge in [0.05, 0.1) is 7.11 Å². The molecule has 0 N–H and O–H groups in total. The highest BCUT2D eigenvalue weighted by atomic mass is 28.4. The Morgan fingerprint density at radius 2 is 1.61 bits per heavy atom. The van der Waals surface area contributed by atoms with Gasteiger partial charge in [-0.2, -0.15) is 0 Å². The Morgan fingerprint density at radius 3 is 2.20 bits per heavy atom. The summed E-state index contributed by atoms with van der Waals surface area (Å²) < 4.78 is 18.3. The molecule has 0 saturated heterocycles. The zero-order valence-corrected chi connectivity index (χ0v) is 26.3. The van der Waals surface area contributed by atoms with Crippen LogP contribution >= 0.6 is 0 Å². The number of allylic oxidation sites excluding steroid dienone is 3. The number of nitrogens with zero attached hydrogens (tertiary/aromatic N) is 1. The van der Waals surface area contributed by atoms with E-state index in [1.807, 2.05) is 30.3 Å². The standard InChI is InChI=1S/C32H41NO7Si/c1-21-16-27(34)31(35)22(2)25(21)19-29(40-41(7,8)32(3,4)5)26(33(36)37)17-24-14-15-28(38-6)30(18-24)39-20-23-12-10-9-11-13-23/h9-16,18,26,29H,17,19-20H2,1-8H3/t26-,29-/m1/s1. The van der Waals surface area contributed by atoms with Crippen LogP contribution in [0.5, 0.6) is 11.5 Å². The normalized spacial score (nSPS) is 15.9. The molecule has 0 heterocycles. The molecule has 0 bridgehead atoms. The Balaban J connectivity index is 1.98. The van der Waals surface area contributed by atoms with Gasteiger partial charge in [0.2, 0.25) is 17.6 Å². The average Bonchev–Trinajstić information content (AvgIpc) is 2.91. The number of carbonyl (C=O) groups excluding carboxylic acids is 2. The molecule has 2 aromatic rings. The fourth-order valence-electron chi connectivity index (χ4n) is 4.57. The lowest BCUT2D eigenvalue weighted by Gasteiger charge is -2.40. The van der Waals surface area contributed by atoms with Gasteiger partial charge < -0.3 is 13.9 Å². The minimum atomic E-state index is -2.47. The third-order valence-electron chi connectivity index (χ3n) is 8.11. The van der Waals surface area contributed by atoms with E-state index >= 15 is 0 Å². The lowest BCUT2D eigenvalue weighted by atomic mass is 9.85. The number of carbonyl (C=O) groups is 2. The lowest BCUT2D eigenvalue weighted by Crippen LogP contribution is -2.49. The third-order valence-corrected chi connectivity index (χ3v) is 12.6. The van der Waals surface area contributed by atoms with Gasteiger partial charge in [-0.1, -0.05) is 57.2 Å². The van der Waals surface area contributed by atoms with Crippen molar-refractivity contribution in [1.82, 2.24) is 0 Å². The van der Waals surface area contributed by atoms with E-state index in [2.05, 4.69) is 33.9 Å². The summed E-state index contributed by atoms with van der Waals surface area (Å²) in [5.74, 6) is -0.128. The number of hydrogen-bond acceptors (Lipinski definition) is 7. The number of rotatable bonds is 12. The zero-order valence-electron chi connectivity index (χ0n) is 25.3. The van der Waals surface area contributed by atoms with Crippen LogP contribution in [-0.4, -0.2) is 44.1 Å². The summed E-state index contributed by atoms with van der Waals surface area (Å²) in [4.78, 5) is 37.0. The van der Waals surface area contributed by atoms with Crippen molar-refractivity contribution >= 4 is 19.9 Å². The summed E-state index contributed by atoms with van der Waals surface area (Å²) >= 11 is 0. The summed E-state index contributed by atoms with van der Waals surface area (Å²) in [7, 11) is -0.921. The first-order valence-corrected chi connectivity index (χ1v) is 16.7. The number of Topliss-reactive ketones (excluding diaryl/α,β-unsaturated/α-hetero) is 1. The monoisotopic (exact) mass is 579 g/mol. The van der Waals surface area contributed by atoms with Crippen LogP contribution in [0.4, 0.5) is 0 Å². The molecule has 0 aliphatic heterocycles. The highest BCUT2D eigenvalue weighted by molar-refractivity contribution is 6.74. The lowest BCUT2D eigenvalue weighted by molar-refractivity contribution is -0.532. The predicted octanol–water partition coefficient (Wildman–Crippen LogP) is 6.66. The van der Waals surface area contributed by atoms with Crippen molar-refractivity contribution in [1.29, 1.82) is 0 Å². The smallest absolute Gasteiger partial charge is 0.241 e. The molecule has 1 aliphatic carbocycles. The highest BCUT2D eigenvalue weighted by Gasteiger charge is 2.44. The fourth-order valence-corrected chi connectivity index (χ4v) is 5.92. The second kappa shape index (κ2) is 13.0. The van der Waals surface area contributed by atoms with E-state index in [-0.39, 0.29) is 22.8 Å². The minimum absolute atomic E-state index is 0.0833. The van der Waals surface area contributed by atoms with Gasteiger partial charge in [-0.05, 0) is 72.5 Å². The van der Waals surface area contributed by atoms with E-state index in [9.17, 15) is 19.7 Å². The Labute approximate surface area is 243 Å². The molecule has 9 heteroatoms. The van der Waals surface area contributed by atoms with Gasteiger partial charge in [0.25, 0.3) is 0 Å². The van der Waals surface area contributed by atoms with Gasteiger partial charge in [0.1, 0.15) is 12.7 Å². The fraction of sp³-hybridized carbons (Fsp3) is 0.438. The number of ether oxygens (including phenoxy) is 2. The van der Waals surface area contributed by atoms with E-state index < -0.39 is 32.0 Å². The van der Waals surface area contributed by atoms with Crippen molar-refractivity contribution in [2.24, 2.45) is 0 Å². The number of hydrogen-bond donors (Lipinski definition) is 0. The molecule has 0 spiro atoms. The second-order valence-electron chi connectivity index (χ2n) is 12.1. The molecule has 2 atom stereocenters. The van der Waals surface area contributed by atoms with E-state index in [4.69, 9.17) is 13.9 Å². The Kier molecular flexibility index (Phi) is 10.1. The third kappa shape index (κ3) is 7.80. The molecule has 0 unspecified atom stereocenters. The molecule has 0 amide bonds. The first-order chi connectivity index (χ1) is 19.1. The maximum atomic E-state index is 12.7. The van der Waals surface area contributed by atoms with Crippen LogP contribution < -0.4 is 9.47 Å². The molecule has 2 aromatic carbocycles. The van der Waals surface area contributed by atoms with Crippen LogP contribution in [0.25, 0.3) is 0 Å². The molecular formula is C32H41NO7Si. The first kappa shape index (κ1) is 32.0. The van der Waals surface area contributed by atoms with Crippen LogP contribution in [0.3, 0.4) is 0 Å². The molecule has 1 aliphatic rings. The van der Waals surface area contributed by atoms with Crippen molar-refractivity contribution in [2.45, 2.75) is 84.3 Å².